The van der Waals surface area contributed by atoms with Gasteiger partial charge < -0.3 is 14.8 Å². The van der Waals surface area contributed by atoms with Crippen molar-refractivity contribution in [2.45, 2.75) is 18.9 Å². The molecule has 2 atom stereocenters. The number of benzene rings is 2. The molecule has 24 heavy (non-hydrogen) atoms. The van der Waals surface area contributed by atoms with E-state index in [1.165, 1.54) is 0 Å². The van der Waals surface area contributed by atoms with Gasteiger partial charge in [-0.25, -0.2) is 0 Å². The van der Waals surface area contributed by atoms with Crippen LogP contribution in [0.2, 0.25) is 5.02 Å². The van der Waals surface area contributed by atoms with Gasteiger partial charge in [0.15, 0.2) is 0 Å². The van der Waals surface area contributed by atoms with Gasteiger partial charge in [0.1, 0.15) is 18.1 Å². The Kier molecular flexibility index (Phi) is 4.07. The van der Waals surface area contributed by atoms with E-state index < -0.39 is 0 Å². The van der Waals surface area contributed by atoms with Crippen LogP contribution in [0.25, 0.3) is 0 Å². The largest absolute Gasteiger partial charge is 0.493 e. The lowest BCUT2D eigenvalue weighted by atomic mass is 9.94. The van der Waals surface area contributed by atoms with Gasteiger partial charge in [0.2, 0.25) is 5.91 Å². The number of fused-ring (bicyclic) bond motifs is 2. The predicted octanol–water partition coefficient (Wildman–Crippen LogP) is 3.53. The summed E-state index contributed by atoms with van der Waals surface area (Å²) in [5.41, 5.74) is 2.03. The van der Waals surface area contributed by atoms with Crippen molar-refractivity contribution >= 4 is 17.5 Å². The molecule has 1 N–H and O–H groups in total. The molecule has 1 amide bonds. The summed E-state index contributed by atoms with van der Waals surface area (Å²) in [6.07, 6.45) is 1.42. The van der Waals surface area contributed by atoms with Gasteiger partial charge in [0, 0.05) is 17.0 Å². The van der Waals surface area contributed by atoms with E-state index in [4.69, 9.17) is 21.1 Å². The zero-order chi connectivity index (χ0) is 16.5. The average molecular weight is 344 g/mol. The third kappa shape index (κ3) is 2.94. The van der Waals surface area contributed by atoms with Crippen molar-refractivity contribution in [2.24, 2.45) is 5.92 Å². The summed E-state index contributed by atoms with van der Waals surface area (Å²) in [4.78, 5) is 12.7. The van der Waals surface area contributed by atoms with Crippen LogP contribution in [-0.4, -0.2) is 19.1 Å². The molecule has 2 heterocycles. The minimum absolute atomic E-state index is 0.0109. The van der Waals surface area contributed by atoms with Crippen molar-refractivity contribution in [1.82, 2.24) is 5.32 Å². The number of rotatable bonds is 2. The maximum Gasteiger partial charge on any atom is 0.227 e. The molecule has 0 aromatic heterocycles. The van der Waals surface area contributed by atoms with E-state index in [1.807, 2.05) is 36.4 Å². The van der Waals surface area contributed by atoms with Gasteiger partial charge in [-0.05, 0) is 36.2 Å². The van der Waals surface area contributed by atoms with Crippen LogP contribution >= 0.6 is 11.6 Å². The second-order valence-corrected chi connectivity index (χ2v) is 6.64. The lowest BCUT2D eigenvalue weighted by molar-refractivity contribution is -0.127. The Balaban J connectivity index is 1.48. The van der Waals surface area contributed by atoms with E-state index in [1.54, 1.807) is 6.07 Å². The highest BCUT2D eigenvalue weighted by atomic mass is 35.5. The number of para-hydroxylation sites is 1. The topological polar surface area (TPSA) is 47.6 Å². The molecule has 5 heteroatoms. The van der Waals surface area contributed by atoms with Gasteiger partial charge >= 0.3 is 0 Å². The molecule has 0 fully saturated rings. The number of halogens is 1. The lowest BCUT2D eigenvalue weighted by Gasteiger charge is -2.30. The van der Waals surface area contributed by atoms with Gasteiger partial charge in [-0.3, -0.25) is 4.79 Å². The summed E-state index contributed by atoms with van der Waals surface area (Å²) in [7, 11) is 0. The zero-order valence-electron chi connectivity index (χ0n) is 13.1. The normalized spacial score (nSPS) is 21.7. The van der Waals surface area contributed by atoms with Crippen molar-refractivity contribution in [1.29, 1.82) is 0 Å². The van der Waals surface area contributed by atoms with Crippen LogP contribution in [0.4, 0.5) is 0 Å². The number of nitrogens with one attached hydrogen (secondary N) is 1. The first kappa shape index (κ1) is 15.3. The number of hydrogen-bond acceptors (Lipinski definition) is 3. The van der Waals surface area contributed by atoms with E-state index in [2.05, 4.69) is 5.32 Å². The minimum Gasteiger partial charge on any atom is -0.493 e. The second kappa shape index (κ2) is 6.36. The quantitative estimate of drug-likeness (QED) is 0.907. The lowest BCUT2D eigenvalue weighted by Crippen LogP contribution is -2.40. The maximum absolute atomic E-state index is 12.7. The van der Waals surface area contributed by atoms with E-state index in [-0.39, 0.29) is 17.9 Å². The molecule has 0 saturated heterocycles. The number of hydrogen-bond donors (Lipinski definition) is 1. The fraction of sp³-hybridized carbons (Fsp3) is 0.316. The number of ether oxygens (including phenoxy) is 2. The molecule has 2 aromatic carbocycles. The van der Waals surface area contributed by atoms with Crippen LogP contribution < -0.4 is 14.8 Å². The Morgan fingerprint density at radius 2 is 2.00 bits per heavy atom. The Morgan fingerprint density at radius 3 is 2.92 bits per heavy atom. The van der Waals surface area contributed by atoms with Gasteiger partial charge in [0.05, 0.1) is 18.6 Å². The van der Waals surface area contributed by atoms with Gasteiger partial charge in [-0.1, -0.05) is 29.8 Å². The van der Waals surface area contributed by atoms with Gasteiger partial charge in [-0.15, -0.1) is 0 Å². The Hall–Kier alpha value is -2.20. The maximum atomic E-state index is 12.7. The number of amides is 1. The molecule has 124 valence electrons. The molecule has 0 unspecified atom stereocenters. The molecular weight excluding hydrogens is 326 g/mol. The second-order valence-electron chi connectivity index (χ2n) is 6.20. The molecule has 0 bridgehead atoms. The molecule has 2 aromatic rings. The molecule has 0 aliphatic carbocycles. The molecule has 2 aliphatic heterocycles. The molecular formula is C19H18ClNO3. The first-order chi connectivity index (χ1) is 11.7. The summed E-state index contributed by atoms with van der Waals surface area (Å²) < 4.78 is 11.4. The molecule has 4 rings (SSSR count). The van der Waals surface area contributed by atoms with Crippen LogP contribution in [0.5, 0.6) is 11.5 Å². The highest BCUT2D eigenvalue weighted by molar-refractivity contribution is 6.30. The van der Waals surface area contributed by atoms with Gasteiger partial charge in [-0.2, -0.15) is 0 Å². The summed E-state index contributed by atoms with van der Waals surface area (Å²) >= 11 is 6.05. The first-order valence-electron chi connectivity index (χ1n) is 8.14. The van der Waals surface area contributed by atoms with Crippen LogP contribution in [-0.2, 0) is 11.2 Å². The highest BCUT2D eigenvalue weighted by Gasteiger charge is 2.29. The first-order valence-corrected chi connectivity index (χ1v) is 8.52. The Labute approximate surface area is 145 Å². The van der Waals surface area contributed by atoms with E-state index in [9.17, 15) is 4.79 Å². The third-order valence-electron chi connectivity index (χ3n) is 4.57. The standard InChI is InChI=1S/C19H18ClNO3/c20-14-5-6-17-12(10-14)9-13(11-24-17)19(22)21-16-7-8-23-18-4-2-1-3-15(16)18/h1-6,10,13,16H,7-9,11H2,(H,21,22)/t13-,16+/m1/s1. The Bertz CT molecular complexity index is 777. The van der Waals surface area contributed by atoms with Crippen molar-refractivity contribution in [2.75, 3.05) is 13.2 Å². The van der Waals surface area contributed by atoms with Crippen molar-refractivity contribution in [3.63, 3.8) is 0 Å². The fourth-order valence-corrected chi connectivity index (χ4v) is 3.51. The van der Waals surface area contributed by atoms with E-state index >= 15 is 0 Å². The van der Waals surface area contributed by atoms with Crippen molar-refractivity contribution in [3.8, 4) is 11.5 Å². The highest BCUT2D eigenvalue weighted by Crippen LogP contribution is 2.33. The summed E-state index contributed by atoms with van der Waals surface area (Å²) in [6, 6.07) is 13.4. The third-order valence-corrected chi connectivity index (χ3v) is 4.81. The number of carbonyl (C=O) groups excluding carboxylic acids is 1. The fourth-order valence-electron chi connectivity index (χ4n) is 3.31. The summed E-state index contributed by atoms with van der Waals surface area (Å²) in [6.45, 7) is 1.01. The van der Waals surface area contributed by atoms with E-state index in [0.717, 1.165) is 29.0 Å². The Morgan fingerprint density at radius 1 is 1.12 bits per heavy atom. The average Bonchev–Trinajstić information content (AvgIpc) is 2.61. The van der Waals surface area contributed by atoms with Crippen LogP contribution in [0.15, 0.2) is 42.5 Å². The minimum atomic E-state index is -0.203. The molecule has 2 aliphatic rings. The van der Waals surface area contributed by atoms with Crippen LogP contribution in [0.1, 0.15) is 23.6 Å². The van der Waals surface area contributed by atoms with Crippen molar-refractivity contribution < 1.29 is 14.3 Å². The molecule has 0 radical (unpaired) electrons. The summed E-state index contributed by atoms with van der Waals surface area (Å²) in [5.74, 6) is 1.49. The monoisotopic (exact) mass is 343 g/mol. The van der Waals surface area contributed by atoms with Crippen molar-refractivity contribution in [3.05, 3.63) is 58.6 Å². The van der Waals surface area contributed by atoms with Gasteiger partial charge in [0.25, 0.3) is 0 Å². The SMILES string of the molecule is O=C(N[C@H]1CCOc2ccccc21)[C@H]1COc2ccc(Cl)cc2C1. The smallest absolute Gasteiger partial charge is 0.227 e. The predicted molar refractivity (Wildman–Crippen MR) is 91.6 cm³/mol. The number of carbonyl (C=O) groups is 1. The molecule has 4 nitrogen and oxygen atoms in total. The van der Waals surface area contributed by atoms with Crippen LogP contribution in [0.3, 0.4) is 0 Å². The zero-order valence-corrected chi connectivity index (χ0v) is 13.9. The van der Waals surface area contributed by atoms with Crippen LogP contribution in [0, 0.1) is 5.92 Å². The molecule has 0 saturated carbocycles. The molecule has 0 spiro atoms. The summed E-state index contributed by atoms with van der Waals surface area (Å²) in [5, 5.41) is 3.82. The van der Waals surface area contributed by atoms with E-state index in [0.29, 0.717) is 24.7 Å².